The lowest BCUT2D eigenvalue weighted by Crippen LogP contribution is -2.41. The van der Waals surface area contributed by atoms with Gasteiger partial charge in [-0.15, -0.1) is 0 Å². The van der Waals surface area contributed by atoms with E-state index in [0.29, 0.717) is 6.04 Å². The molecule has 0 spiro atoms. The second-order valence-corrected chi connectivity index (χ2v) is 5.06. The number of aryl methyl sites for hydroxylation is 2. The van der Waals surface area contributed by atoms with Gasteiger partial charge in [0.1, 0.15) is 5.78 Å². The van der Waals surface area contributed by atoms with Gasteiger partial charge in [-0.05, 0) is 43.9 Å². The van der Waals surface area contributed by atoms with Crippen molar-refractivity contribution in [3.8, 4) is 0 Å². The molecule has 1 aromatic rings. The van der Waals surface area contributed by atoms with Crippen molar-refractivity contribution in [2.75, 3.05) is 0 Å². The largest absolute Gasteiger partial charge is 0.305 e. The lowest BCUT2D eigenvalue weighted by Gasteiger charge is -2.20. The molecule has 1 rings (SSSR count). The van der Waals surface area contributed by atoms with E-state index < -0.39 is 0 Å². The van der Waals surface area contributed by atoms with E-state index in [1.54, 1.807) is 6.92 Å². The second kappa shape index (κ2) is 8.87. The molecule has 0 aliphatic heterocycles. The highest BCUT2D eigenvalue weighted by molar-refractivity contribution is 5.81. The first-order chi connectivity index (χ1) is 8.91. The van der Waals surface area contributed by atoms with Crippen molar-refractivity contribution >= 4 is 5.78 Å². The number of nitrogens with one attached hydrogen (secondary N) is 1. The molecule has 1 N–H and O–H groups in total. The summed E-state index contributed by atoms with van der Waals surface area (Å²) in [6.07, 6.45) is 0.784. The van der Waals surface area contributed by atoms with Crippen molar-refractivity contribution in [1.29, 1.82) is 0 Å². The van der Waals surface area contributed by atoms with Gasteiger partial charge in [0.05, 0.1) is 6.04 Å². The van der Waals surface area contributed by atoms with Crippen LogP contribution in [-0.2, 0) is 11.2 Å². The standard InChI is InChI=1S/C15H23NO.C2H6/c1-10(2)16-15(13(5)17)9-14-11(3)7-6-8-12(14)4;1-2/h6-8,10,15-16H,9H2,1-5H3;1-2H3. The summed E-state index contributed by atoms with van der Waals surface area (Å²) in [5, 5.41) is 3.33. The van der Waals surface area contributed by atoms with Crippen LogP contribution in [0.4, 0.5) is 0 Å². The smallest absolute Gasteiger partial charge is 0.147 e. The molecule has 0 saturated heterocycles. The first kappa shape index (κ1) is 17.8. The fraction of sp³-hybridized carbons (Fsp3) is 0.588. The van der Waals surface area contributed by atoms with E-state index in [-0.39, 0.29) is 11.8 Å². The Labute approximate surface area is 118 Å². The van der Waals surface area contributed by atoms with Crippen LogP contribution >= 0.6 is 0 Å². The van der Waals surface area contributed by atoms with Gasteiger partial charge in [-0.2, -0.15) is 0 Å². The molecule has 0 aromatic heterocycles. The van der Waals surface area contributed by atoms with Gasteiger partial charge in [0.15, 0.2) is 0 Å². The third-order valence-corrected chi connectivity index (χ3v) is 3.08. The van der Waals surface area contributed by atoms with E-state index in [1.807, 2.05) is 13.8 Å². The molecule has 0 saturated carbocycles. The van der Waals surface area contributed by atoms with Gasteiger partial charge in [-0.25, -0.2) is 0 Å². The number of carbonyl (C=O) groups excluding carboxylic acids is 1. The predicted octanol–water partition coefficient (Wildman–Crippen LogP) is 3.83. The molecule has 1 unspecified atom stereocenters. The molecule has 1 atom stereocenters. The summed E-state index contributed by atoms with van der Waals surface area (Å²) in [5.74, 6) is 0.210. The molecule has 0 bridgehead atoms. The Morgan fingerprint density at radius 1 is 1.16 bits per heavy atom. The van der Waals surface area contributed by atoms with Gasteiger partial charge < -0.3 is 5.32 Å². The minimum Gasteiger partial charge on any atom is -0.305 e. The Hall–Kier alpha value is -1.15. The third kappa shape index (κ3) is 6.02. The van der Waals surface area contributed by atoms with Crippen LogP contribution < -0.4 is 5.32 Å². The molecule has 2 heteroatoms. The number of hydrogen-bond donors (Lipinski definition) is 1. The zero-order chi connectivity index (χ0) is 15.0. The van der Waals surface area contributed by atoms with E-state index in [2.05, 4.69) is 51.2 Å². The van der Waals surface area contributed by atoms with Gasteiger partial charge in [0.25, 0.3) is 0 Å². The molecule has 0 aliphatic rings. The van der Waals surface area contributed by atoms with E-state index in [4.69, 9.17) is 0 Å². The highest BCUT2D eigenvalue weighted by Crippen LogP contribution is 2.16. The van der Waals surface area contributed by atoms with Crippen molar-refractivity contribution in [2.24, 2.45) is 0 Å². The topological polar surface area (TPSA) is 29.1 Å². The summed E-state index contributed by atoms with van der Waals surface area (Å²) in [6.45, 7) is 14.0. The predicted molar refractivity (Wildman–Crippen MR) is 83.7 cm³/mol. The minimum absolute atomic E-state index is 0.0743. The molecule has 0 fully saturated rings. The number of benzene rings is 1. The zero-order valence-corrected chi connectivity index (χ0v) is 13.5. The van der Waals surface area contributed by atoms with Crippen LogP contribution in [0.2, 0.25) is 0 Å². The molecule has 0 aliphatic carbocycles. The van der Waals surface area contributed by atoms with Crippen molar-refractivity contribution in [3.05, 3.63) is 34.9 Å². The molecule has 0 heterocycles. The van der Waals surface area contributed by atoms with Crippen LogP contribution in [-0.4, -0.2) is 17.9 Å². The summed E-state index contributed by atoms with van der Waals surface area (Å²) in [7, 11) is 0. The van der Waals surface area contributed by atoms with Crippen molar-refractivity contribution in [1.82, 2.24) is 5.32 Å². The van der Waals surface area contributed by atoms with Crippen LogP contribution in [0.15, 0.2) is 18.2 Å². The highest BCUT2D eigenvalue weighted by Gasteiger charge is 2.17. The Morgan fingerprint density at radius 2 is 1.63 bits per heavy atom. The maximum Gasteiger partial charge on any atom is 0.147 e. The Balaban J connectivity index is 0.00000154. The lowest BCUT2D eigenvalue weighted by molar-refractivity contribution is -0.119. The minimum atomic E-state index is -0.0743. The molecule has 108 valence electrons. The van der Waals surface area contributed by atoms with Gasteiger partial charge >= 0.3 is 0 Å². The molecule has 19 heavy (non-hydrogen) atoms. The quantitative estimate of drug-likeness (QED) is 0.875. The normalized spacial score (nSPS) is 11.8. The van der Waals surface area contributed by atoms with Crippen LogP contribution in [0.1, 0.15) is 51.3 Å². The van der Waals surface area contributed by atoms with Gasteiger partial charge in [0, 0.05) is 6.04 Å². The van der Waals surface area contributed by atoms with E-state index in [1.165, 1.54) is 16.7 Å². The van der Waals surface area contributed by atoms with Gasteiger partial charge in [-0.1, -0.05) is 45.9 Å². The summed E-state index contributed by atoms with van der Waals surface area (Å²) in [5.41, 5.74) is 3.82. The summed E-state index contributed by atoms with van der Waals surface area (Å²) >= 11 is 0. The number of Topliss-reactive ketones (excluding diaryl/α,β-unsaturated/α-hetero) is 1. The first-order valence-electron chi connectivity index (χ1n) is 7.23. The van der Waals surface area contributed by atoms with Gasteiger partial charge in [0.2, 0.25) is 0 Å². The molecule has 0 radical (unpaired) electrons. The molecular weight excluding hydrogens is 234 g/mol. The van der Waals surface area contributed by atoms with Gasteiger partial charge in [-0.3, -0.25) is 4.79 Å². The van der Waals surface area contributed by atoms with Crippen molar-refractivity contribution in [2.45, 2.75) is 67.0 Å². The number of ketones is 1. The van der Waals surface area contributed by atoms with E-state index in [9.17, 15) is 4.79 Å². The summed E-state index contributed by atoms with van der Waals surface area (Å²) < 4.78 is 0. The first-order valence-corrected chi connectivity index (χ1v) is 7.23. The third-order valence-electron chi connectivity index (χ3n) is 3.08. The fourth-order valence-electron chi connectivity index (χ4n) is 2.10. The summed E-state index contributed by atoms with van der Waals surface area (Å²) in [4.78, 5) is 11.6. The second-order valence-electron chi connectivity index (χ2n) is 5.06. The lowest BCUT2D eigenvalue weighted by atomic mass is 9.94. The number of hydrogen-bond acceptors (Lipinski definition) is 2. The molecular formula is C17H29NO. The number of rotatable bonds is 5. The van der Waals surface area contributed by atoms with E-state index >= 15 is 0 Å². The van der Waals surface area contributed by atoms with Crippen LogP contribution in [0, 0.1) is 13.8 Å². The molecule has 2 nitrogen and oxygen atoms in total. The monoisotopic (exact) mass is 263 g/mol. The zero-order valence-electron chi connectivity index (χ0n) is 13.5. The SMILES string of the molecule is CC.CC(=O)C(Cc1c(C)cccc1C)NC(C)C. The average molecular weight is 263 g/mol. The fourth-order valence-corrected chi connectivity index (χ4v) is 2.10. The molecule has 1 aromatic carbocycles. The van der Waals surface area contributed by atoms with Crippen LogP contribution in [0.25, 0.3) is 0 Å². The summed E-state index contributed by atoms with van der Waals surface area (Å²) in [6, 6.07) is 6.53. The maximum absolute atomic E-state index is 11.6. The average Bonchev–Trinajstić information content (AvgIpc) is 2.34. The Morgan fingerprint density at radius 3 is 2.00 bits per heavy atom. The maximum atomic E-state index is 11.6. The van der Waals surface area contributed by atoms with Crippen LogP contribution in [0.3, 0.4) is 0 Å². The van der Waals surface area contributed by atoms with E-state index in [0.717, 1.165) is 6.42 Å². The number of carbonyl (C=O) groups is 1. The van der Waals surface area contributed by atoms with Crippen molar-refractivity contribution < 1.29 is 4.79 Å². The Kier molecular flexibility index (Phi) is 8.33. The molecule has 0 amide bonds. The highest BCUT2D eigenvalue weighted by atomic mass is 16.1. The van der Waals surface area contributed by atoms with Crippen LogP contribution in [0.5, 0.6) is 0 Å². The van der Waals surface area contributed by atoms with Crippen molar-refractivity contribution in [3.63, 3.8) is 0 Å². The Bertz CT molecular complexity index is 376.